The molecule has 1 saturated heterocycles. The first kappa shape index (κ1) is 16.0. The van der Waals surface area contributed by atoms with Gasteiger partial charge in [-0.25, -0.2) is 4.79 Å². The summed E-state index contributed by atoms with van der Waals surface area (Å²) in [6.45, 7) is 3.84. The molecule has 124 valence electrons. The summed E-state index contributed by atoms with van der Waals surface area (Å²) in [4.78, 5) is 29.8. The van der Waals surface area contributed by atoms with E-state index in [0.717, 1.165) is 19.5 Å². The standard InChI is InChI=1S/C18H24N2O3/c1-13-6-10-20(12-18(13)7-3-2-4-8-18)16(21)15-11-14(17(22)23)5-9-19-15/h5,9,11,13H,2-4,6-8,10,12H2,1H3,(H,22,23). The molecule has 5 heteroatoms. The van der Waals surface area contributed by atoms with E-state index in [0.29, 0.717) is 5.92 Å². The van der Waals surface area contributed by atoms with E-state index in [-0.39, 0.29) is 22.6 Å². The summed E-state index contributed by atoms with van der Waals surface area (Å²) in [6, 6.07) is 2.80. The normalized spacial score (nSPS) is 23.7. The first-order chi connectivity index (χ1) is 11.0. The largest absolute Gasteiger partial charge is 0.478 e. The number of pyridine rings is 1. The molecule has 5 nitrogen and oxygen atoms in total. The van der Waals surface area contributed by atoms with Gasteiger partial charge in [-0.3, -0.25) is 9.78 Å². The predicted molar refractivity (Wildman–Crippen MR) is 86.4 cm³/mol. The number of piperidine rings is 1. The molecule has 0 radical (unpaired) electrons. The third-order valence-corrected chi connectivity index (χ3v) is 5.75. The van der Waals surface area contributed by atoms with Gasteiger partial charge < -0.3 is 10.0 Å². The fourth-order valence-electron chi connectivity index (χ4n) is 4.19. The van der Waals surface area contributed by atoms with Crippen molar-refractivity contribution in [2.75, 3.05) is 13.1 Å². The molecule has 1 spiro atoms. The highest BCUT2D eigenvalue weighted by Gasteiger charge is 2.43. The Morgan fingerprint density at radius 1 is 1.30 bits per heavy atom. The van der Waals surface area contributed by atoms with Gasteiger partial charge in [0.1, 0.15) is 5.69 Å². The van der Waals surface area contributed by atoms with Crippen LogP contribution in [0.15, 0.2) is 18.3 Å². The van der Waals surface area contributed by atoms with Gasteiger partial charge in [0.2, 0.25) is 0 Å². The van der Waals surface area contributed by atoms with Crippen molar-refractivity contribution >= 4 is 11.9 Å². The van der Waals surface area contributed by atoms with Crippen molar-refractivity contribution in [3.8, 4) is 0 Å². The monoisotopic (exact) mass is 316 g/mol. The Bertz CT molecular complexity index is 608. The Balaban J connectivity index is 1.79. The number of amides is 1. The van der Waals surface area contributed by atoms with E-state index in [4.69, 9.17) is 5.11 Å². The van der Waals surface area contributed by atoms with E-state index in [9.17, 15) is 9.59 Å². The number of hydrogen-bond acceptors (Lipinski definition) is 3. The minimum absolute atomic E-state index is 0.112. The zero-order chi connectivity index (χ0) is 16.4. The Morgan fingerprint density at radius 3 is 2.74 bits per heavy atom. The summed E-state index contributed by atoms with van der Waals surface area (Å²) in [5, 5.41) is 9.08. The highest BCUT2D eigenvalue weighted by Crippen LogP contribution is 2.46. The molecular weight excluding hydrogens is 292 g/mol. The van der Waals surface area contributed by atoms with Gasteiger partial charge in [0.05, 0.1) is 5.56 Å². The van der Waals surface area contributed by atoms with E-state index in [1.165, 1.54) is 50.4 Å². The molecule has 0 aromatic carbocycles. The minimum Gasteiger partial charge on any atom is -0.478 e. The van der Waals surface area contributed by atoms with Crippen molar-refractivity contribution in [1.29, 1.82) is 0 Å². The lowest BCUT2D eigenvalue weighted by molar-refractivity contribution is 0.00653. The molecule has 2 aliphatic rings. The van der Waals surface area contributed by atoms with Crippen LogP contribution in [0, 0.1) is 11.3 Å². The van der Waals surface area contributed by atoms with Crippen LogP contribution in [0.5, 0.6) is 0 Å². The van der Waals surface area contributed by atoms with Gasteiger partial charge in [-0.05, 0) is 42.7 Å². The molecule has 0 bridgehead atoms. The van der Waals surface area contributed by atoms with E-state index in [1.54, 1.807) is 0 Å². The highest BCUT2D eigenvalue weighted by molar-refractivity contribution is 5.95. The Labute approximate surface area is 136 Å². The van der Waals surface area contributed by atoms with Gasteiger partial charge in [-0.1, -0.05) is 26.2 Å². The topological polar surface area (TPSA) is 70.5 Å². The number of likely N-dealkylation sites (tertiary alicyclic amines) is 1. The van der Waals surface area contributed by atoms with Crippen molar-refractivity contribution < 1.29 is 14.7 Å². The molecule has 1 amide bonds. The molecule has 2 fully saturated rings. The number of carbonyl (C=O) groups is 2. The van der Waals surface area contributed by atoms with E-state index < -0.39 is 5.97 Å². The van der Waals surface area contributed by atoms with Gasteiger partial charge >= 0.3 is 5.97 Å². The zero-order valence-corrected chi connectivity index (χ0v) is 13.6. The van der Waals surface area contributed by atoms with Crippen molar-refractivity contribution in [1.82, 2.24) is 9.88 Å². The lowest BCUT2D eigenvalue weighted by atomic mass is 9.63. The Hall–Kier alpha value is -1.91. The van der Waals surface area contributed by atoms with Crippen LogP contribution in [0.4, 0.5) is 0 Å². The maximum Gasteiger partial charge on any atom is 0.335 e. The van der Waals surface area contributed by atoms with Crippen LogP contribution in [0.2, 0.25) is 0 Å². The van der Waals surface area contributed by atoms with Crippen molar-refractivity contribution in [2.24, 2.45) is 11.3 Å². The van der Waals surface area contributed by atoms with Crippen LogP contribution in [0.1, 0.15) is 66.3 Å². The number of carbonyl (C=O) groups excluding carboxylic acids is 1. The highest BCUT2D eigenvalue weighted by atomic mass is 16.4. The molecule has 1 saturated carbocycles. The molecule has 2 heterocycles. The van der Waals surface area contributed by atoms with Crippen LogP contribution in [0.3, 0.4) is 0 Å². The zero-order valence-electron chi connectivity index (χ0n) is 13.6. The summed E-state index contributed by atoms with van der Waals surface area (Å²) < 4.78 is 0. The van der Waals surface area contributed by atoms with Crippen molar-refractivity contribution in [3.05, 3.63) is 29.6 Å². The second kappa shape index (κ2) is 6.30. The average molecular weight is 316 g/mol. The van der Waals surface area contributed by atoms with Gasteiger partial charge in [-0.15, -0.1) is 0 Å². The molecule has 1 aromatic rings. The minimum atomic E-state index is -1.03. The molecule has 1 unspecified atom stereocenters. The molecular formula is C18H24N2O3. The fraction of sp³-hybridized carbons (Fsp3) is 0.611. The van der Waals surface area contributed by atoms with Crippen molar-refractivity contribution in [3.63, 3.8) is 0 Å². The smallest absolute Gasteiger partial charge is 0.335 e. The number of nitrogens with zero attached hydrogens (tertiary/aromatic N) is 2. The van der Waals surface area contributed by atoms with E-state index >= 15 is 0 Å². The molecule has 1 atom stereocenters. The summed E-state index contributed by atoms with van der Waals surface area (Å²) in [5.74, 6) is -0.521. The average Bonchev–Trinajstić information content (AvgIpc) is 2.58. The predicted octanol–water partition coefficient (Wildman–Crippen LogP) is 3.21. The number of carboxylic acid groups (broad SMARTS) is 1. The van der Waals surface area contributed by atoms with Gasteiger partial charge in [-0.2, -0.15) is 0 Å². The van der Waals surface area contributed by atoms with Crippen LogP contribution >= 0.6 is 0 Å². The first-order valence-corrected chi connectivity index (χ1v) is 8.50. The lowest BCUT2D eigenvalue weighted by Crippen LogP contribution is -2.51. The maximum atomic E-state index is 12.8. The number of rotatable bonds is 2. The number of carboxylic acids is 1. The molecule has 23 heavy (non-hydrogen) atoms. The number of hydrogen-bond donors (Lipinski definition) is 1. The first-order valence-electron chi connectivity index (χ1n) is 8.50. The second-order valence-electron chi connectivity index (χ2n) is 7.07. The third kappa shape index (κ3) is 3.09. The maximum absolute atomic E-state index is 12.8. The third-order valence-electron chi connectivity index (χ3n) is 5.75. The quantitative estimate of drug-likeness (QED) is 0.909. The fourth-order valence-corrected chi connectivity index (χ4v) is 4.19. The lowest BCUT2D eigenvalue weighted by Gasteiger charge is -2.49. The van der Waals surface area contributed by atoms with Gasteiger partial charge in [0, 0.05) is 19.3 Å². The van der Waals surface area contributed by atoms with Crippen LogP contribution in [-0.4, -0.2) is 40.0 Å². The summed E-state index contributed by atoms with van der Waals surface area (Å²) >= 11 is 0. The molecule has 3 rings (SSSR count). The molecule has 1 N–H and O–H groups in total. The summed E-state index contributed by atoms with van der Waals surface area (Å²) in [5.41, 5.74) is 0.600. The Morgan fingerprint density at radius 2 is 2.04 bits per heavy atom. The van der Waals surface area contributed by atoms with Crippen LogP contribution in [0.25, 0.3) is 0 Å². The van der Waals surface area contributed by atoms with Crippen molar-refractivity contribution in [2.45, 2.75) is 45.4 Å². The van der Waals surface area contributed by atoms with Crippen LogP contribution < -0.4 is 0 Å². The van der Waals surface area contributed by atoms with Crippen LogP contribution in [-0.2, 0) is 0 Å². The van der Waals surface area contributed by atoms with Gasteiger partial charge in [0.15, 0.2) is 0 Å². The Kier molecular flexibility index (Phi) is 4.37. The van der Waals surface area contributed by atoms with E-state index in [2.05, 4.69) is 11.9 Å². The molecule has 1 aliphatic carbocycles. The summed E-state index contributed by atoms with van der Waals surface area (Å²) in [7, 11) is 0. The van der Waals surface area contributed by atoms with E-state index in [1.807, 2.05) is 4.90 Å². The number of aromatic nitrogens is 1. The number of aromatic carboxylic acids is 1. The second-order valence-corrected chi connectivity index (χ2v) is 7.07. The SMILES string of the molecule is CC1CCN(C(=O)c2cc(C(=O)O)ccn2)CC12CCCCC2. The molecule has 1 aliphatic heterocycles. The van der Waals surface area contributed by atoms with Gasteiger partial charge in [0.25, 0.3) is 5.91 Å². The summed E-state index contributed by atoms with van der Waals surface area (Å²) in [6.07, 6.45) is 8.61. The molecule has 1 aromatic heterocycles.